The molecule has 5 nitrogen and oxygen atoms in total. The average molecular weight is 448 g/mol. The number of nitrogens with zero attached hydrogens (tertiary/aromatic N) is 1. The SMILES string of the molecule is O=[N+]([O-])c1ccc(NCc2ccc(OCc3ccc(Br)cc3)c(Cl)c2)cc1. The number of ether oxygens (including phenoxy) is 1. The maximum absolute atomic E-state index is 10.7. The fourth-order valence-electron chi connectivity index (χ4n) is 2.42. The Bertz CT molecular complexity index is 931. The standard InChI is InChI=1S/C20H16BrClN2O3/c21-16-4-1-14(2-5-16)13-27-20-10-3-15(11-19(20)22)12-23-17-6-8-18(9-7-17)24(25)26/h1-11,23H,12-13H2. The Kier molecular flexibility index (Phi) is 6.32. The van der Waals surface area contributed by atoms with Crippen LogP contribution in [0.4, 0.5) is 11.4 Å². The minimum atomic E-state index is -0.420. The predicted octanol–water partition coefficient (Wildman–Crippen LogP) is 6.20. The summed E-state index contributed by atoms with van der Waals surface area (Å²) in [4.78, 5) is 10.3. The lowest BCUT2D eigenvalue weighted by molar-refractivity contribution is -0.384. The van der Waals surface area contributed by atoms with Crippen LogP contribution in [0.5, 0.6) is 5.75 Å². The van der Waals surface area contributed by atoms with Crippen LogP contribution in [0.15, 0.2) is 71.2 Å². The van der Waals surface area contributed by atoms with Crippen molar-refractivity contribution >= 4 is 38.9 Å². The average Bonchev–Trinajstić information content (AvgIpc) is 2.67. The van der Waals surface area contributed by atoms with Gasteiger partial charge < -0.3 is 10.1 Å². The van der Waals surface area contributed by atoms with Gasteiger partial charge in [-0.1, -0.05) is 45.7 Å². The molecule has 138 valence electrons. The summed E-state index contributed by atoms with van der Waals surface area (Å²) in [6.45, 7) is 0.984. The lowest BCUT2D eigenvalue weighted by Crippen LogP contribution is -2.01. The number of nitro groups is 1. The van der Waals surface area contributed by atoms with Crippen molar-refractivity contribution in [3.05, 3.63) is 97.5 Å². The second kappa shape index (κ2) is 8.88. The van der Waals surface area contributed by atoms with Crippen LogP contribution in [0.2, 0.25) is 5.02 Å². The molecule has 0 radical (unpaired) electrons. The zero-order valence-corrected chi connectivity index (χ0v) is 16.5. The van der Waals surface area contributed by atoms with Crippen molar-refractivity contribution in [1.29, 1.82) is 0 Å². The van der Waals surface area contributed by atoms with Gasteiger partial charge in [0, 0.05) is 28.8 Å². The minimum absolute atomic E-state index is 0.0656. The van der Waals surface area contributed by atoms with E-state index < -0.39 is 4.92 Å². The van der Waals surface area contributed by atoms with Gasteiger partial charge in [-0.25, -0.2) is 0 Å². The van der Waals surface area contributed by atoms with Crippen molar-refractivity contribution in [3.63, 3.8) is 0 Å². The number of nitro benzene ring substituents is 1. The molecular weight excluding hydrogens is 432 g/mol. The van der Waals surface area contributed by atoms with Gasteiger partial charge in [-0.2, -0.15) is 0 Å². The van der Waals surface area contributed by atoms with Crippen LogP contribution < -0.4 is 10.1 Å². The second-order valence-corrected chi connectivity index (χ2v) is 7.16. The van der Waals surface area contributed by atoms with Crippen LogP contribution in [0.3, 0.4) is 0 Å². The van der Waals surface area contributed by atoms with E-state index in [1.54, 1.807) is 12.1 Å². The minimum Gasteiger partial charge on any atom is -0.487 e. The van der Waals surface area contributed by atoms with E-state index in [1.807, 2.05) is 42.5 Å². The first kappa shape index (κ1) is 19.2. The lowest BCUT2D eigenvalue weighted by atomic mass is 10.2. The Balaban J connectivity index is 1.57. The number of nitrogens with one attached hydrogen (secondary N) is 1. The topological polar surface area (TPSA) is 64.4 Å². The molecule has 0 heterocycles. The normalized spacial score (nSPS) is 10.4. The predicted molar refractivity (Wildman–Crippen MR) is 110 cm³/mol. The number of hydrogen-bond acceptors (Lipinski definition) is 4. The van der Waals surface area contributed by atoms with Gasteiger partial charge in [0.25, 0.3) is 5.69 Å². The first-order valence-electron chi connectivity index (χ1n) is 8.15. The third-order valence-corrected chi connectivity index (χ3v) is 4.70. The zero-order chi connectivity index (χ0) is 19.2. The molecule has 0 aliphatic carbocycles. The summed E-state index contributed by atoms with van der Waals surface area (Å²) in [7, 11) is 0. The lowest BCUT2D eigenvalue weighted by Gasteiger charge is -2.11. The van der Waals surface area contributed by atoms with Crippen LogP contribution in [0, 0.1) is 10.1 Å². The molecule has 0 spiro atoms. The second-order valence-electron chi connectivity index (χ2n) is 5.84. The molecule has 7 heteroatoms. The van der Waals surface area contributed by atoms with Gasteiger partial charge in [0.05, 0.1) is 9.95 Å². The largest absolute Gasteiger partial charge is 0.487 e. The number of anilines is 1. The molecule has 0 atom stereocenters. The van der Waals surface area contributed by atoms with Gasteiger partial charge in [-0.15, -0.1) is 0 Å². The Labute approximate surface area is 170 Å². The van der Waals surface area contributed by atoms with Crippen molar-refractivity contribution in [2.75, 3.05) is 5.32 Å². The molecule has 0 aliphatic heterocycles. The summed E-state index contributed by atoms with van der Waals surface area (Å²) in [5, 5.41) is 14.4. The van der Waals surface area contributed by atoms with Gasteiger partial charge in [0.15, 0.2) is 0 Å². The molecule has 27 heavy (non-hydrogen) atoms. The Morgan fingerprint density at radius 3 is 2.30 bits per heavy atom. The fraction of sp³-hybridized carbons (Fsp3) is 0.100. The molecular formula is C20H16BrClN2O3. The Hall–Kier alpha value is -2.57. The fourth-order valence-corrected chi connectivity index (χ4v) is 2.94. The molecule has 0 unspecified atom stereocenters. The molecule has 3 aromatic carbocycles. The van der Waals surface area contributed by atoms with E-state index in [4.69, 9.17) is 16.3 Å². The summed E-state index contributed by atoms with van der Waals surface area (Å²) in [6.07, 6.45) is 0. The summed E-state index contributed by atoms with van der Waals surface area (Å²) in [5.41, 5.74) is 2.90. The highest BCUT2D eigenvalue weighted by atomic mass is 79.9. The Morgan fingerprint density at radius 2 is 1.67 bits per heavy atom. The van der Waals surface area contributed by atoms with Crippen molar-refractivity contribution in [2.45, 2.75) is 13.2 Å². The first-order valence-corrected chi connectivity index (χ1v) is 9.32. The highest BCUT2D eigenvalue weighted by Gasteiger charge is 2.06. The third-order valence-electron chi connectivity index (χ3n) is 3.88. The maximum Gasteiger partial charge on any atom is 0.269 e. The van der Waals surface area contributed by atoms with Gasteiger partial charge in [0.2, 0.25) is 0 Å². The molecule has 0 fully saturated rings. The third kappa shape index (κ3) is 5.45. The van der Waals surface area contributed by atoms with Gasteiger partial charge in [0.1, 0.15) is 12.4 Å². The number of non-ortho nitro benzene ring substituents is 1. The number of halogens is 2. The van der Waals surface area contributed by atoms with Crippen molar-refractivity contribution in [1.82, 2.24) is 0 Å². The number of rotatable bonds is 7. The number of benzene rings is 3. The molecule has 3 rings (SSSR count). The molecule has 1 N–H and O–H groups in total. The summed E-state index contributed by atoms with van der Waals surface area (Å²) in [6, 6.07) is 19.8. The Morgan fingerprint density at radius 1 is 1.00 bits per heavy atom. The highest BCUT2D eigenvalue weighted by molar-refractivity contribution is 9.10. The number of hydrogen-bond donors (Lipinski definition) is 1. The van der Waals surface area contributed by atoms with Crippen molar-refractivity contribution < 1.29 is 9.66 Å². The smallest absolute Gasteiger partial charge is 0.269 e. The van der Waals surface area contributed by atoms with E-state index in [2.05, 4.69) is 21.2 Å². The van der Waals surface area contributed by atoms with Crippen LogP contribution in [0.1, 0.15) is 11.1 Å². The molecule has 0 aliphatic rings. The van der Waals surface area contributed by atoms with Gasteiger partial charge in [-0.05, 0) is 47.5 Å². The maximum atomic E-state index is 10.7. The monoisotopic (exact) mass is 446 g/mol. The molecule has 0 amide bonds. The summed E-state index contributed by atoms with van der Waals surface area (Å²) in [5.74, 6) is 0.624. The van der Waals surface area contributed by atoms with E-state index in [9.17, 15) is 10.1 Å². The summed E-state index contributed by atoms with van der Waals surface area (Å²) >= 11 is 9.73. The molecule has 0 saturated heterocycles. The van der Waals surface area contributed by atoms with E-state index in [1.165, 1.54) is 12.1 Å². The molecule has 0 bridgehead atoms. The van der Waals surface area contributed by atoms with Crippen LogP contribution in [0.25, 0.3) is 0 Å². The van der Waals surface area contributed by atoms with Crippen LogP contribution in [-0.4, -0.2) is 4.92 Å². The first-order chi connectivity index (χ1) is 13.0. The van der Waals surface area contributed by atoms with Gasteiger partial charge >= 0.3 is 0 Å². The van der Waals surface area contributed by atoms with E-state index >= 15 is 0 Å². The van der Waals surface area contributed by atoms with Gasteiger partial charge in [-0.3, -0.25) is 10.1 Å². The van der Waals surface area contributed by atoms with E-state index in [0.717, 1.165) is 21.3 Å². The molecule has 3 aromatic rings. The highest BCUT2D eigenvalue weighted by Crippen LogP contribution is 2.27. The molecule has 0 saturated carbocycles. The van der Waals surface area contributed by atoms with Crippen LogP contribution in [-0.2, 0) is 13.2 Å². The van der Waals surface area contributed by atoms with E-state index in [-0.39, 0.29) is 5.69 Å². The quantitative estimate of drug-likeness (QED) is 0.346. The summed E-state index contributed by atoms with van der Waals surface area (Å²) < 4.78 is 6.81. The zero-order valence-electron chi connectivity index (χ0n) is 14.2. The van der Waals surface area contributed by atoms with E-state index in [0.29, 0.717) is 23.9 Å². The van der Waals surface area contributed by atoms with Crippen LogP contribution >= 0.6 is 27.5 Å². The molecule has 0 aromatic heterocycles. The van der Waals surface area contributed by atoms with Crippen molar-refractivity contribution in [2.24, 2.45) is 0 Å². The van der Waals surface area contributed by atoms with Crippen molar-refractivity contribution in [3.8, 4) is 5.75 Å².